The number of benzene rings is 1. The average molecular weight is 314 g/mol. The van der Waals surface area contributed by atoms with Crippen LogP contribution >= 0.6 is 0 Å². The van der Waals surface area contributed by atoms with Gasteiger partial charge >= 0.3 is 0 Å². The molecule has 0 N–H and O–H groups in total. The Kier molecular flexibility index (Phi) is 10.5. The van der Waals surface area contributed by atoms with Gasteiger partial charge in [-0.3, -0.25) is 0 Å². The summed E-state index contributed by atoms with van der Waals surface area (Å²) in [4.78, 5) is 0. The van der Waals surface area contributed by atoms with Crippen molar-refractivity contribution in [2.24, 2.45) is 0 Å². The maximum absolute atomic E-state index is 5.30. The van der Waals surface area contributed by atoms with E-state index in [4.69, 9.17) is 4.74 Å². The molecule has 2 nitrogen and oxygen atoms in total. The highest BCUT2D eigenvalue weighted by Gasteiger charge is 2.15. The van der Waals surface area contributed by atoms with E-state index in [2.05, 4.69) is 39.2 Å². The number of quaternary nitrogens is 1. The van der Waals surface area contributed by atoms with Crippen LogP contribution in [0.1, 0.15) is 51.0 Å². The summed E-state index contributed by atoms with van der Waals surface area (Å²) in [5, 5.41) is 0. The number of hydrogen-bond donors (Lipinski definition) is 0. The number of rotatable bonds is 10. The van der Waals surface area contributed by atoms with Gasteiger partial charge in [-0.2, -0.15) is 0 Å². The molecule has 0 amide bonds. The van der Waals surface area contributed by atoms with Crippen LogP contribution in [0.3, 0.4) is 0 Å². The minimum absolute atomic E-state index is 0. The minimum atomic E-state index is 0. The Balaban J connectivity index is 0.00000400. The summed E-state index contributed by atoms with van der Waals surface area (Å²) in [5.41, 5.74) is 1.36. The molecular formula is C18H32ClNO. The van der Waals surface area contributed by atoms with E-state index in [0.717, 1.165) is 16.8 Å². The van der Waals surface area contributed by atoms with Gasteiger partial charge in [-0.25, -0.2) is 0 Å². The Morgan fingerprint density at radius 2 is 1.67 bits per heavy atom. The number of nitrogens with zero attached hydrogens (tertiary/aromatic N) is 1. The highest BCUT2D eigenvalue weighted by molar-refractivity contribution is 5.27. The van der Waals surface area contributed by atoms with Crippen LogP contribution in [0.4, 0.5) is 0 Å². The van der Waals surface area contributed by atoms with Crippen LogP contribution in [-0.4, -0.2) is 32.2 Å². The molecule has 0 saturated heterocycles. The highest BCUT2D eigenvalue weighted by atomic mass is 35.5. The van der Waals surface area contributed by atoms with Crippen LogP contribution in [0.2, 0.25) is 0 Å². The molecule has 0 bridgehead atoms. The third kappa shape index (κ3) is 9.00. The summed E-state index contributed by atoms with van der Waals surface area (Å²) < 4.78 is 6.35. The molecule has 0 saturated carbocycles. The zero-order valence-corrected chi connectivity index (χ0v) is 15.0. The van der Waals surface area contributed by atoms with E-state index in [1.807, 2.05) is 6.07 Å². The van der Waals surface area contributed by atoms with E-state index in [1.54, 1.807) is 7.11 Å². The zero-order valence-electron chi connectivity index (χ0n) is 14.2. The van der Waals surface area contributed by atoms with Crippen molar-refractivity contribution >= 4 is 0 Å². The fourth-order valence-electron chi connectivity index (χ4n) is 2.66. The van der Waals surface area contributed by atoms with Gasteiger partial charge in [-0.05, 0) is 25.0 Å². The molecule has 122 valence electrons. The van der Waals surface area contributed by atoms with E-state index < -0.39 is 0 Å². The second kappa shape index (κ2) is 10.9. The van der Waals surface area contributed by atoms with Crippen LogP contribution < -0.4 is 17.1 Å². The predicted molar refractivity (Wildman–Crippen MR) is 87.0 cm³/mol. The summed E-state index contributed by atoms with van der Waals surface area (Å²) in [5.74, 6) is 0.960. The summed E-state index contributed by atoms with van der Waals surface area (Å²) >= 11 is 0. The first-order chi connectivity index (χ1) is 9.57. The number of ether oxygens (including phenoxy) is 1. The normalized spacial score (nSPS) is 11.0. The summed E-state index contributed by atoms with van der Waals surface area (Å²) in [6.45, 7) is 4.60. The monoisotopic (exact) mass is 313 g/mol. The van der Waals surface area contributed by atoms with Crippen molar-refractivity contribution in [3.63, 3.8) is 0 Å². The average Bonchev–Trinajstić information content (AvgIpc) is 2.42. The number of unbranched alkanes of at least 4 members (excludes halogenated alkanes) is 5. The molecule has 0 aliphatic heterocycles. The van der Waals surface area contributed by atoms with Gasteiger partial charge in [0.25, 0.3) is 0 Å². The largest absolute Gasteiger partial charge is 1.00 e. The maximum atomic E-state index is 5.30. The van der Waals surface area contributed by atoms with Crippen LogP contribution in [0.5, 0.6) is 5.75 Å². The summed E-state index contributed by atoms with van der Waals surface area (Å²) in [7, 11) is 6.38. The molecule has 1 aromatic carbocycles. The van der Waals surface area contributed by atoms with Crippen molar-refractivity contribution < 1.29 is 21.6 Å². The third-order valence-electron chi connectivity index (χ3n) is 3.86. The molecule has 1 aromatic rings. The molecule has 0 unspecified atom stereocenters. The quantitative estimate of drug-likeness (QED) is 0.471. The van der Waals surface area contributed by atoms with Gasteiger partial charge in [0.05, 0.1) is 27.7 Å². The fourth-order valence-corrected chi connectivity index (χ4v) is 2.66. The van der Waals surface area contributed by atoms with Gasteiger partial charge in [0, 0.05) is 5.56 Å². The molecule has 21 heavy (non-hydrogen) atoms. The van der Waals surface area contributed by atoms with Gasteiger partial charge in [0.1, 0.15) is 12.3 Å². The lowest BCUT2D eigenvalue weighted by atomic mass is 10.1. The van der Waals surface area contributed by atoms with Crippen molar-refractivity contribution in [3.05, 3.63) is 29.8 Å². The Morgan fingerprint density at radius 3 is 2.33 bits per heavy atom. The Bertz CT molecular complexity index is 379. The minimum Gasteiger partial charge on any atom is -1.00 e. The van der Waals surface area contributed by atoms with Crippen molar-refractivity contribution in [1.29, 1.82) is 0 Å². The number of halogens is 1. The van der Waals surface area contributed by atoms with E-state index in [0.29, 0.717) is 0 Å². The van der Waals surface area contributed by atoms with E-state index in [-0.39, 0.29) is 12.4 Å². The molecule has 0 fully saturated rings. The zero-order chi connectivity index (χ0) is 14.8. The Morgan fingerprint density at radius 1 is 1.00 bits per heavy atom. The smallest absolute Gasteiger partial charge is 0.119 e. The van der Waals surface area contributed by atoms with Crippen molar-refractivity contribution in [3.8, 4) is 5.75 Å². The van der Waals surface area contributed by atoms with Gasteiger partial charge < -0.3 is 21.6 Å². The highest BCUT2D eigenvalue weighted by Crippen LogP contribution is 2.17. The molecule has 0 heterocycles. The molecule has 3 heteroatoms. The van der Waals surface area contributed by atoms with Crippen LogP contribution in [0.15, 0.2) is 24.3 Å². The van der Waals surface area contributed by atoms with Crippen LogP contribution in [-0.2, 0) is 6.54 Å². The molecule has 0 aromatic heterocycles. The Labute approximate surface area is 137 Å². The molecule has 1 rings (SSSR count). The van der Waals surface area contributed by atoms with Gasteiger partial charge in [0.2, 0.25) is 0 Å². The molecule has 0 aliphatic rings. The lowest BCUT2D eigenvalue weighted by molar-refractivity contribution is -0.903. The van der Waals surface area contributed by atoms with Crippen LogP contribution in [0, 0.1) is 0 Å². The lowest BCUT2D eigenvalue weighted by Gasteiger charge is -2.30. The molecule has 0 spiro atoms. The predicted octanol–water partition coefficient (Wildman–Crippen LogP) is 1.64. The molecule has 0 aliphatic carbocycles. The third-order valence-corrected chi connectivity index (χ3v) is 3.86. The fraction of sp³-hybridized carbons (Fsp3) is 0.667. The van der Waals surface area contributed by atoms with Gasteiger partial charge in [-0.1, -0.05) is 44.7 Å². The molecular weight excluding hydrogens is 282 g/mol. The molecule has 0 atom stereocenters. The second-order valence-electron chi connectivity index (χ2n) is 6.44. The topological polar surface area (TPSA) is 9.23 Å². The number of methoxy groups -OCH3 is 1. The van der Waals surface area contributed by atoms with Crippen molar-refractivity contribution in [2.45, 2.75) is 52.0 Å². The van der Waals surface area contributed by atoms with E-state index in [9.17, 15) is 0 Å². The first-order valence-corrected chi connectivity index (χ1v) is 8.02. The first-order valence-electron chi connectivity index (χ1n) is 8.02. The lowest BCUT2D eigenvalue weighted by Crippen LogP contribution is -3.00. The standard InChI is InChI=1S/C18H32NO.ClH/c1-5-6-7-8-9-10-14-19(2,3)16-17-12-11-13-18(15-17)20-4;/h11-13,15H,5-10,14,16H2,1-4H3;1H/q+1;/p-1. The van der Waals surface area contributed by atoms with E-state index >= 15 is 0 Å². The van der Waals surface area contributed by atoms with Crippen molar-refractivity contribution in [2.75, 3.05) is 27.7 Å². The summed E-state index contributed by atoms with van der Waals surface area (Å²) in [6, 6.07) is 8.45. The first kappa shape index (κ1) is 20.3. The van der Waals surface area contributed by atoms with Crippen LogP contribution in [0.25, 0.3) is 0 Å². The summed E-state index contributed by atoms with van der Waals surface area (Å²) in [6.07, 6.45) is 8.23. The molecule has 0 radical (unpaired) electrons. The number of hydrogen-bond acceptors (Lipinski definition) is 1. The van der Waals surface area contributed by atoms with Crippen molar-refractivity contribution in [1.82, 2.24) is 0 Å². The maximum Gasteiger partial charge on any atom is 0.119 e. The van der Waals surface area contributed by atoms with E-state index in [1.165, 1.54) is 50.6 Å². The van der Waals surface area contributed by atoms with Gasteiger partial charge in [-0.15, -0.1) is 0 Å². The second-order valence-corrected chi connectivity index (χ2v) is 6.44. The SMILES string of the molecule is CCCCCCCC[N+](C)(C)Cc1cccc(OC)c1.[Cl-]. The Hall–Kier alpha value is -0.730. The van der Waals surface area contributed by atoms with Gasteiger partial charge in [0.15, 0.2) is 0 Å².